The molecule has 16 heteroatoms. The highest BCUT2D eigenvalue weighted by Gasteiger charge is 2.41. The van der Waals surface area contributed by atoms with E-state index >= 15 is 0 Å². The number of halogens is 1. The number of carbonyl (C=O) groups excluding carboxylic acids is 3. The largest absolute Gasteiger partial charge is 0.487 e. The summed E-state index contributed by atoms with van der Waals surface area (Å²) in [7, 11) is -4.08. The quantitative estimate of drug-likeness (QED) is 0.0979. The van der Waals surface area contributed by atoms with E-state index in [4.69, 9.17) is 19.9 Å². The van der Waals surface area contributed by atoms with Crippen molar-refractivity contribution >= 4 is 49.8 Å². The number of piperidine rings is 1. The average molecular weight is 932 g/mol. The lowest BCUT2D eigenvalue weighted by molar-refractivity contribution is -0.139. The average Bonchev–Trinajstić information content (AvgIpc) is 3.16. The Morgan fingerprint density at radius 2 is 1.72 bits per heavy atom. The van der Waals surface area contributed by atoms with Crippen molar-refractivity contribution in [3.05, 3.63) is 56.1 Å². The number of nitrogens with two attached hydrogens (primary N) is 1. The molecule has 338 valence electrons. The number of carbonyl (C=O) groups is 3. The van der Waals surface area contributed by atoms with E-state index in [1.165, 1.54) is 0 Å². The van der Waals surface area contributed by atoms with Gasteiger partial charge in [-0.3, -0.25) is 14.6 Å². The van der Waals surface area contributed by atoms with Crippen molar-refractivity contribution in [1.29, 1.82) is 0 Å². The first-order valence-electron chi connectivity index (χ1n) is 21.5. The van der Waals surface area contributed by atoms with E-state index in [9.17, 15) is 22.8 Å². The Balaban J connectivity index is 1.15. The van der Waals surface area contributed by atoms with Gasteiger partial charge in [0.2, 0.25) is 11.9 Å². The Kier molecular flexibility index (Phi) is 15.2. The maximum atomic E-state index is 14.0. The highest BCUT2D eigenvalue weighted by atomic mass is 79.9. The van der Waals surface area contributed by atoms with Crippen molar-refractivity contribution in [1.82, 2.24) is 20.3 Å². The molecular formula is C45H67BrN6O8S. The molecule has 2 aromatic carbocycles. The Labute approximate surface area is 371 Å². The summed E-state index contributed by atoms with van der Waals surface area (Å²) in [6.45, 7) is 21.0. The van der Waals surface area contributed by atoms with Crippen LogP contribution in [0, 0.1) is 26.2 Å². The summed E-state index contributed by atoms with van der Waals surface area (Å²) < 4.78 is 48.8. The first kappa shape index (κ1) is 48.1. The van der Waals surface area contributed by atoms with Crippen molar-refractivity contribution in [2.45, 2.75) is 155 Å². The predicted octanol–water partition coefficient (Wildman–Crippen LogP) is 7.09. The fourth-order valence-corrected chi connectivity index (χ4v) is 10.5. The zero-order chi connectivity index (χ0) is 45.1. The molecule has 0 aromatic heterocycles. The lowest BCUT2D eigenvalue weighted by Gasteiger charge is -2.46. The summed E-state index contributed by atoms with van der Waals surface area (Å²) in [6, 6.07) is 4.90. The number of nitrogens with zero attached hydrogens (tertiary/aromatic N) is 2. The van der Waals surface area contributed by atoms with Crippen molar-refractivity contribution in [3.63, 3.8) is 0 Å². The number of hydrogen-bond donors (Lipinski definition) is 4. The van der Waals surface area contributed by atoms with Crippen LogP contribution in [0.5, 0.6) is 5.75 Å². The highest BCUT2D eigenvalue weighted by Crippen LogP contribution is 2.43. The molecule has 5 N–H and O–H groups in total. The topological polar surface area (TPSA) is 191 Å². The van der Waals surface area contributed by atoms with Gasteiger partial charge in [-0.2, -0.15) is 0 Å². The first-order valence-corrected chi connectivity index (χ1v) is 23.8. The first-order chi connectivity index (χ1) is 28.4. The standard InChI is InChI=1S/C45H67BrN6O8S/c1-27(2)31-22-32(24-33(46)23-31)39(53)49-25-34-13-16-45(26-58-34)17-20-52(21-18-45)40(54)36(50-42(55)60-43(6,7)8)12-11-19-48-41(47)51-61(56,57)38-29(4)28(3)37-35(30(38)5)14-15-44(9,10)59-37/h22-24,27,34,36H,11-21,25-26H2,1-10H3,(H,49,53)(H,50,55)(H3,47,48,51)/t34?,36-/m0/s1. The third-order valence-electron chi connectivity index (χ3n) is 12.2. The molecule has 2 fully saturated rings. The number of alkyl carbamates (subject to hydrolysis) is 1. The minimum absolute atomic E-state index is 0.0685. The molecule has 0 aliphatic carbocycles. The van der Waals surface area contributed by atoms with Crippen LogP contribution in [-0.4, -0.2) is 93.3 Å². The second kappa shape index (κ2) is 19.2. The number of likely N-dealkylation sites (tertiary alicyclic amines) is 1. The van der Waals surface area contributed by atoms with Gasteiger partial charge in [-0.1, -0.05) is 29.8 Å². The third kappa shape index (κ3) is 12.4. The zero-order valence-corrected chi connectivity index (χ0v) is 40.1. The molecule has 0 radical (unpaired) electrons. The SMILES string of the molecule is Cc1c(C)c(S(=O)(=O)NC(N)=NCCC[C@H](NC(=O)OC(C)(C)C)C(=O)N2CCC3(CCC(CNC(=O)c4cc(Br)cc(C(C)C)c4)OC3)CC2)c(C)c2c1OC(C)(C)CC2. The number of rotatable bonds is 12. The predicted molar refractivity (Wildman–Crippen MR) is 241 cm³/mol. The van der Waals surface area contributed by atoms with E-state index in [1.807, 2.05) is 39.0 Å². The Bertz CT molecular complexity index is 2100. The molecule has 5 rings (SSSR count). The molecule has 0 saturated carbocycles. The van der Waals surface area contributed by atoms with Crippen molar-refractivity contribution in [3.8, 4) is 5.75 Å². The van der Waals surface area contributed by atoms with Crippen LogP contribution in [0.3, 0.4) is 0 Å². The molecule has 3 heterocycles. The lowest BCUT2D eigenvalue weighted by atomic mass is 9.73. The summed E-state index contributed by atoms with van der Waals surface area (Å²) in [5, 5.41) is 5.82. The number of amides is 3. The highest BCUT2D eigenvalue weighted by molar-refractivity contribution is 9.10. The summed E-state index contributed by atoms with van der Waals surface area (Å²) >= 11 is 3.52. The smallest absolute Gasteiger partial charge is 0.408 e. The zero-order valence-electron chi connectivity index (χ0n) is 37.7. The number of benzene rings is 2. The molecule has 2 aromatic rings. The molecule has 2 atom stereocenters. The second-order valence-electron chi connectivity index (χ2n) is 19.0. The molecule has 3 aliphatic rings. The fraction of sp³-hybridized carbons (Fsp3) is 0.644. The van der Waals surface area contributed by atoms with Gasteiger partial charge in [-0.05, 0) is 164 Å². The third-order valence-corrected chi connectivity index (χ3v) is 14.3. The normalized spacial score (nSPS) is 19.4. The Morgan fingerprint density at radius 1 is 1.03 bits per heavy atom. The van der Waals surface area contributed by atoms with Crippen LogP contribution >= 0.6 is 15.9 Å². The monoisotopic (exact) mass is 930 g/mol. The number of guanidine groups is 1. The molecule has 1 unspecified atom stereocenters. The van der Waals surface area contributed by atoms with Gasteiger partial charge in [0.15, 0.2) is 0 Å². The van der Waals surface area contributed by atoms with Gasteiger partial charge in [0.1, 0.15) is 23.0 Å². The number of ether oxygens (including phenoxy) is 3. The molecule has 1 spiro atoms. The number of sulfonamides is 1. The van der Waals surface area contributed by atoms with Crippen LogP contribution in [0.25, 0.3) is 0 Å². The maximum absolute atomic E-state index is 14.0. The number of aliphatic imine (C=N–C) groups is 1. The van der Waals surface area contributed by atoms with Crippen LogP contribution in [0.15, 0.2) is 32.6 Å². The van der Waals surface area contributed by atoms with Gasteiger partial charge >= 0.3 is 6.09 Å². The molecular weight excluding hydrogens is 864 g/mol. The molecule has 3 aliphatic heterocycles. The van der Waals surface area contributed by atoms with Crippen molar-refractivity contribution in [2.75, 3.05) is 32.8 Å². The maximum Gasteiger partial charge on any atom is 0.408 e. The molecule has 14 nitrogen and oxygen atoms in total. The summed E-state index contributed by atoms with van der Waals surface area (Å²) in [5.41, 5.74) is 9.55. The van der Waals surface area contributed by atoms with Crippen LogP contribution in [0.1, 0.15) is 138 Å². The number of fused-ring (bicyclic) bond motifs is 1. The minimum atomic E-state index is -4.08. The molecule has 0 bridgehead atoms. The molecule has 2 saturated heterocycles. The van der Waals surface area contributed by atoms with E-state index in [2.05, 4.69) is 50.1 Å². The summed E-state index contributed by atoms with van der Waals surface area (Å²) in [4.78, 5) is 46.1. The molecule has 3 amide bonds. The lowest BCUT2D eigenvalue weighted by Crippen LogP contribution is -2.54. The van der Waals surface area contributed by atoms with Crippen molar-refractivity contribution < 1.29 is 37.0 Å². The van der Waals surface area contributed by atoms with E-state index in [1.54, 1.807) is 39.5 Å². The van der Waals surface area contributed by atoms with E-state index in [-0.39, 0.29) is 52.8 Å². The van der Waals surface area contributed by atoms with Gasteiger partial charge in [-0.25, -0.2) is 17.9 Å². The van der Waals surface area contributed by atoms with Gasteiger partial charge in [0.05, 0.1) is 17.6 Å². The van der Waals surface area contributed by atoms with Crippen LogP contribution < -0.4 is 25.8 Å². The van der Waals surface area contributed by atoms with E-state index in [0.29, 0.717) is 61.7 Å². The summed E-state index contributed by atoms with van der Waals surface area (Å²) in [5.74, 6) is 0.432. The molecule has 61 heavy (non-hydrogen) atoms. The van der Waals surface area contributed by atoms with Gasteiger partial charge in [0, 0.05) is 36.2 Å². The fourth-order valence-electron chi connectivity index (χ4n) is 8.45. The van der Waals surface area contributed by atoms with Gasteiger partial charge < -0.3 is 35.5 Å². The van der Waals surface area contributed by atoms with Gasteiger partial charge in [0.25, 0.3) is 15.9 Å². The summed E-state index contributed by atoms with van der Waals surface area (Å²) in [6.07, 6.45) is 4.46. The van der Waals surface area contributed by atoms with Gasteiger partial charge in [-0.15, -0.1) is 0 Å². The Hall–Kier alpha value is -3.89. The van der Waals surface area contributed by atoms with E-state index in [0.717, 1.165) is 59.0 Å². The van der Waals surface area contributed by atoms with Crippen LogP contribution in [-0.2, 0) is 30.7 Å². The van der Waals surface area contributed by atoms with Crippen molar-refractivity contribution in [2.24, 2.45) is 16.1 Å². The minimum Gasteiger partial charge on any atom is -0.487 e. The van der Waals surface area contributed by atoms with E-state index < -0.39 is 27.8 Å². The number of nitrogens with one attached hydrogen (secondary N) is 3. The second-order valence-corrected chi connectivity index (χ2v) is 21.6. The van der Waals surface area contributed by atoms with Crippen LogP contribution in [0.2, 0.25) is 0 Å². The van der Waals surface area contributed by atoms with Crippen LogP contribution in [0.4, 0.5) is 4.79 Å². The Morgan fingerprint density at radius 3 is 2.34 bits per heavy atom. The number of hydrogen-bond acceptors (Lipinski definition) is 9.